The highest BCUT2D eigenvalue weighted by Gasteiger charge is 2.04. The number of carbonyl (C=O) groups is 1. The zero-order valence-electron chi connectivity index (χ0n) is 9.62. The van der Waals surface area contributed by atoms with Crippen LogP contribution in [0.2, 0.25) is 0 Å². The molecule has 0 aliphatic rings. The number of rotatable bonds is 6. The molecule has 0 bridgehead atoms. The Morgan fingerprint density at radius 3 is 2.88 bits per heavy atom. The predicted octanol–water partition coefficient (Wildman–Crippen LogP) is 2.31. The van der Waals surface area contributed by atoms with Gasteiger partial charge in [0.15, 0.2) is 0 Å². The van der Waals surface area contributed by atoms with Gasteiger partial charge in [0.05, 0.1) is 0 Å². The maximum Gasteiger partial charge on any atom is 0.224 e. The van der Waals surface area contributed by atoms with E-state index in [4.69, 9.17) is 0 Å². The van der Waals surface area contributed by atoms with Crippen LogP contribution in [0.15, 0.2) is 36.9 Å². The normalized spacial score (nSPS) is 9.81. The van der Waals surface area contributed by atoms with Crippen molar-refractivity contribution < 1.29 is 4.79 Å². The molecule has 2 N–H and O–H groups in total. The molecule has 1 rings (SSSR count). The topological polar surface area (TPSA) is 41.1 Å². The Morgan fingerprint density at radius 1 is 1.44 bits per heavy atom. The molecule has 1 aromatic rings. The van der Waals surface area contributed by atoms with Gasteiger partial charge in [0.1, 0.15) is 0 Å². The fraction of sp³-hybridized carbons (Fsp3) is 0.308. The largest absolute Gasteiger partial charge is 0.326 e. The van der Waals surface area contributed by atoms with Crippen molar-refractivity contribution >= 4 is 11.6 Å². The monoisotopic (exact) mass is 218 g/mol. The third kappa shape index (κ3) is 3.87. The maximum absolute atomic E-state index is 11.5. The van der Waals surface area contributed by atoms with Gasteiger partial charge in [0.2, 0.25) is 5.91 Å². The number of nitrogens with one attached hydrogen (secondary N) is 2. The molecule has 0 unspecified atom stereocenters. The van der Waals surface area contributed by atoms with E-state index in [0.717, 1.165) is 17.8 Å². The highest BCUT2D eigenvalue weighted by molar-refractivity contribution is 5.91. The molecular formula is C13H18N2O. The summed E-state index contributed by atoms with van der Waals surface area (Å²) in [6, 6.07) is 7.80. The van der Waals surface area contributed by atoms with Crippen molar-refractivity contribution in [3.8, 4) is 0 Å². The van der Waals surface area contributed by atoms with Crippen molar-refractivity contribution in [3.63, 3.8) is 0 Å². The molecule has 0 fully saturated rings. The number of hydrogen-bond acceptors (Lipinski definition) is 2. The number of benzene rings is 1. The van der Waals surface area contributed by atoms with Gasteiger partial charge >= 0.3 is 0 Å². The van der Waals surface area contributed by atoms with Gasteiger partial charge in [-0.1, -0.05) is 24.3 Å². The summed E-state index contributed by atoms with van der Waals surface area (Å²) >= 11 is 0. The highest BCUT2D eigenvalue weighted by Crippen LogP contribution is 2.15. The SMILES string of the molecule is C=CCCC(=O)Nc1ccccc1CNC. The number of carbonyl (C=O) groups excluding carboxylic acids is 1. The summed E-state index contributed by atoms with van der Waals surface area (Å²) < 4.78 is 0. The molecule has 16 heavy (non-hydrogen) atoms. The molecule has 0 radical (unpaired) electrons. The van der Waals surface area contributed by atoms with Crippen molar-refractivity contribution in [2.45, 2.75) is 19.4 Å². The van der Waals surface area contributed by atoms with Crippen LogP contribution in [0, 0.1) is 0 Å². The Balaban J connectivity index is 2.64. The van der Waals surface area contributed by atoms with Gasteiger partial charge in [-0.15, -0.1) is 6.58 Å². The first kappa shape index (κ1) is 12.5. The van der Waals surface area contributed by atoms with Crippen molar-refractivity contribution in [1.82, 2.24) is 5.32 Å². The Kier molecular flexibility index (Phi) is 5.29. The third-order valence-electron chi connectivity index (χ3n) is 2.23. The van der Waals surface area contributed by atoms with Crippen molar-refractivity contribution in [2.75, 3.05) is 12.4 Å². The highest BCUT2D eigenvalue weighted by atomic mass is 16.1. The molecule has 1 aromatic carbocycles. The second kappa shape index (κ2) is 6.80. The number of para-hydroxylation sites is 1. The van der Waals surface area contributed by atoms with Crippen molar-refractivity contribution in [1.29, 1.82) is 0 Å². The summed E-state index contributed by atoms with van der Waals surface area (Å²) in [5.74, 6) is 0.0310. The van der Waals surface area contributed by atoms with Crippen LogP contribution in [0.5, 0.6) is 0 Å². The van der Waals surface area contributed by atoms with E-state index in [9.17, 15) is 4.79 Å². The Morgan fingerprint density at radius 2 is 2.19 bits per heavy atom. The van der Waals surface area contributed by atoms with E-state index in [-0.39, 0.29) is 5.91 Å². The van der Waals surface area contributed by atoms with Crippen LogP contribution in [0.1, 0.15) is 18.4 Å². The molecule has 0 atom stereocenters. The summed E-state index contributed by atoms with van der Waals surface area (Å²) in [4.78, 5) is 11.5. The summed E-state index contributed by atoms with van der Waals surface area (Å²) in [5, 5.41) is 5.98. The van der Waals surface area contributed by atoms with Gasteiger partial charge in [0, 0.05) is 18.7 Å². The minimum absolute atomic E-state index is 0.0310. The first-order chi connectivity index (χ1) is 7.77. The van der Waals surface area contributed by atoms with Crippen molar-refractivity contribution in [2.24, 2.45) is 0 Å². The summed E-state index contributed by atoms with van der Waals surface area (Å²) in [6.45, 7) is 4.34. The lowest BCUT2D eigenvalue weighted by molar-refractivity contribution is -0.116. The number of allylic oxidation sites excluding steroid dienone is 1. The van der Waals surface area contributed by atoms with Crippen LogP contribution in [0.25, 0.3) is 0 Å². The minimum atomic E-state index is 0.0310. The van der Waals surface area contributed by atoms with E-state index in [1.165, 1.54) is 0 Å². The van der Waals surface area contributed by atoms with Crippen LogP contribution in [0.3, 0.4) is 0 Å². The van der Waals surface area contributed by atoms with E-state index in [1.807, 2.05) is 31.3 Å². The lowest BCUT2D eigenvalue weighted by Gasteiger charge is -2.10. The molecule has 1 amide bonds. The quantitative estimate of drug-likeness (QED) is 0.719. The van der Waals surface area contributed by atoms with Gasteiger partial charge < -0.3 is 10.6 Å². The lowest BCUT2D eigenvalue weighted by Crippen LogP contribution is -2.14. The van der Waals surface area contributed by atoms with E-state index in [0.29, 0.717) is 12.8 Å². The fourth-order valence-electron chi connectivity index (χ4n) is 1.43. The van der Waals surface area contributed by atoms with Gasteiger partial charge in [-0.3, -0.25) is 4.79 Å². The van der Waals surface area contributed by atoms with Crippen LogP contribution in [0.4, 0.5) is 5.69 Å². The average molecular weight is 218 g/mol. The summed E-state index contributed by atoms with van der Waals surface area (Å²) in [6.07, 6.45) is 2.94. The van der Waals surface area contributed by atoms with Crippen LogP contribution >= 0.6 is 0 Å². The molecule has 0 aliphatic carbocycles. The lowest BCUT2D eigenvalue weighted by atomic mass is 10.1. The predicted molar refractivity (Wildman–Crippen MR) is 67.3 cm³/mol. The van der Waals surface area contributed by atoms with E-state index in [1.54, 1.807) is 6.08 Å². The first-order valence-electron chi connectivity index (χ1n) is 5.41. The third-order valence-corrected chi connectivity index (χ3v) is 2.23. The molecule has 86 valence electrons. The Bertz CT molecular complexity index is 361. The van der Waals surface area contributed by atoms with E-state index < -0.39 is 0 Å². The number of amides is 1. The number of hydrogen-bond donors (Lipinski definition) is 2. The van der Waals surface area contributed by atoms with Crippen molar-refractivity contribution in [3.05, 3.63) is 42.5 Å². The van der Waals surface area contributed by atoms with Crippen LogP contribution in [-0.2, 0) is 11.3 Å². The molecule has 0 saturated carbocycles. The zero-order chi connectivity index (χ0) is 11.8. The Labute approximate surface area is 96.6 Å². The minimum Gasteiger partial charge on any atom is -0.326 e. The molecule has 3 heteroatoms. The molecular weight excluding hydrogens is 200 g/mol. The second-order valence-corrected chi connectivity index (χ2v) is 3.56. The molecule has 0 saturated heterocycles. The van der Waals surface area contributed by atoms with E-state index in [2.05, 4.69) is 17.2 Å². The van der Waals surface area contributed by atoms with Gasteiger partial charge in [0.25, 0.3) is 0 Å². The van der Waals surface area contributed by atoms with E-state index >= 15 is 0 Å². The Hall–Kier alpha value is -1.61. The van der Waals surface area contributed by atoms with Crippen LogP contribution in [-0.4, -0.2) is 13.0 Å². The smallest absolute Gasteiger partial charge is 0.224 e. The average Bonchev–Trinajstić information content (AvgIpc) is 2.29. The second-order valence-electron chi connectivity index (χ2n) is 3.56. The first-order valence-corrected chi connectivity index (χ1v) is 5.41. The molecule has 0 aromatic heterocycles. The fourth-order valence-corrected chi connectivity index (χ4v) is 1.43. The van der Waals surface area contributed by atoms with Crippen LogP contribution < -0.4 is 10.6 Å². The zero-order valence-corrected chi connectivity index (χ0v) is 9.62. The van der Waals surface area contributed by atoms with Gasteiger partial charge in [-0.05, 0) is 25.1 Å². The molecule has 0 aliphatic heterocycles. The summed E-state index contributed by atoms with van der Waals surface area (Å²) in [7, 11) is 1.89. The summed E-state index contributed by atoms with van der Waals surface area (Å²) in [5.41, 5.74) is 1.97. The molecule has 0 spiro atoms. The molecule has 0 heterocycles. The number of anilines is 1. The van der Waals surface area contributed by atoms with Gasteiger partial charge in [-0.25, -0.2) is 0 Å². The standard InChI is InChI=1S/C13H18N2O/c1-3-4-9-13(16)15-12-8-6-5-7-11(12)10-14-2/h3,5-8,14H,1,4,9-10H2,2H3,(H,15,16). The molecule has 3 nitrogen and oxygen atoms in total. The van der Waals surface area contributed by atoms with Gasteiger partial charge in [-0.2, -0.15) is 0 Å². The maximum atomic E-state index is 11.5.